The molecule has 1 N–H and O–H groups in total. The molecular formula is C19H20ClN3O5S. The van der Waals surface area contributed by atoms with E-state index in [0.29, 0.717) is 18.1 Å². The predicted octanol–water partition coefficient (Wildman–Crippen LogP) is 2.70. The topological polar surface area (TPSA) is 106 Å². The largest absolute Gasteiger partial charge is 0.449 e. The highest BCUT2D eigenvalue weighted by atomic mass is 35.5. The Kier molecular flexibility index (Phi) is 6.51. The Morgan fingerprint density at radius 3 is 2.59 bits per heavy atom. The molecule has 1 unspecified atom stereocenters. The van der Waals surface area contributed by atoms with Crippen molar-refractivity contribution in [2.24, 2.45) is 0 Å². The maximum atomic E-state index is 12.7. The van der Waals surface area contributed by atoms with Crippen LogP contribution in [0.4, 0.5) is 5.82 Å². The molecule has 1 aromatic carbocycles. The number of nitrogens with one attached hydrogen (secondary N) is 1. The summed E-state index contributed by atoms with van der Waals surface area (Å²) in [6, 6.07) is 8.70. The van der Waals surface area contributed by atoms with E-state index in [1.165, 1.54) is 47.8 Å². The lowest BCUT2D eigenvalue weighted by atomic mass is 10.2. The molecule has 1 saturated heterocycles. The van der Waals surface area contributed by atoms with Crippen LogP contribution in [0.5, 0.6) is 0 Å². The van der Waals surface area contributed by atoms with E-state index in [4.69, 9.17) is 16.3 Å². The van der Waals surface area contributed by atoms with Gasteiger partial charge in [0.25, 0.3) is 5.91 Å². The first-order valence-corrected chi connectivity index (χ1v) is 10.8. The quantitative estimate of drug-likeness (QED) is 0.696. The number of hydrogen-bond acceptors (Lipinski definition) is 6. The molecule has 2 aromatic rings. The number of carbonyl (C=O) groups excluding carboxylic acids is 2. The minimum Gasteiger partial charge on any atom is -0.449 e. The second kappa shape index (κ2) is 8.89. The first-order valence-electron chi connectivity index (χ1n) is 9.01. The van der Waals surface area contributed by atoms with E-state index >= 15 is 0 Å². The van der Waals surface area contributed by atoms with Gasteiger partial charge in [-0.15, -0.1) is 0 Å². The minimum absolute atomic E-state index is 0.0244. The number of carbonyl (C=O) groups is 2. The molecule has 1 fully saturated rings. The summed E-state index contributed by atoms with van der Waals surface area (Å²) in [5.41, 5.74) is 0.0505. The van der Waals surface area contributed by atoms with Crippen LogP contribution in [-0.2, 0) is 19.6 Å². The standard InChI is InChI=1S/C19H20ClN3O5S/c1-13(18(24)22-17-8-7-15(20)12-21-17)28-19(25)14-5-4-6-16(11-14)29(26,27)23-9-2-3-10-23/h4-8,11-13H,2-3,9-10H2,1H3,(H,21,22,24). The number of rotatable bonds is 6. The lowest BCUT2D eigenvalue weighted by Gasteiger charge is -2.16. The van der Waals surface area contributed by atoms with E-state index in [2.05, 4.69) is 10.3 Å². The Morgan fingerprint density at radius 1 is 1.21 bits per heavy atom. The van der Waals surface area contributed by atoms with E-state index in [9.17, 15) is 18.0 Å². The Hall–Kier alpha value is -2.49. The number of hydrogen-bond donors (Lipinski definition) is 1. The van der Waals surface area contributed by atoms with Gasteiger partial charge in [0.05, 0.1) is 15.5 Å². The number of anilines is 1. The second-order valence-electron chi connectivity index (χ2n) is 6.54. The number of nitrogens with zero attached hydrogens (tertiary/aromatic N) is 2. The van der Waals surface area contributed by atoms with Crippen LogP contribution in [0, 0.1) is 0 Å². The summed E-state index contributed by atoms with van der Waals surface area (Å²) >= 11 is 5.74. The predicted molar refractivity (Wildman–Crippen MR) is 107 cm³/mol. The molecule has 29 heavy (non-hydrogen) atoms. The average Bonchev–Trinajstić information content (AvgIpc) is 3.25. The van der Waals surface area contributed by atoms with Crippen molar-refractivity contribution in [3.63, 3.8) is 0 Å². The zero-order chi connectivity index (χ0) is 21.0. The highest BCUT2D eigenvalue weighted by Crippen LogP contribution is 2.22. The van der Waals surface area contributed by atoms with Gasteiger partial charge in [-0.25, -0.2) is 18.2 Å². The van der Waals surface area contributed by atoms with Crippen molar-refractivity contribution in [2.75, 3.05) is 18.4 Å². The number of benzene rings is 1. The van der Waals surface area contributed by atoms with E-state index in [1.807, 2.05) is 0 Å². The molecule has 154 valence electrons. The molecule has 0 saturated carbocycles. The highest BCUT2D eigenvalue weighted by molar-refractivity contribution is 7.89. The van der Waals surface area contributed by atoms with Gasteiger partial charge in [0.15, 0.2) is 6.10 Å². The third-order valence-electron chi connectivity index (χ3n) is 4.40. The van der Waals surface area contributed by atoms with Crippen molar-refractivity contribution in [2.45, 2.75) is 30.8 Å². The molecule has 1 amide bonds. The molecule has 0 aliphatic carbocycles. The summed E-state index contributed by atoms with van der Waals surface area (Å²) < 4.78 is 31.9. The van der Waals surface area contributed by atoms with Gasteiger partial charge in [0, 0.05) is 19.3 Å². The number of esters is 1. The van der Waals surface area contributed by atoms with Gasteiger partial charge in [-0.2, -0.15) is 4.31 Å². The van der Waals surface area contributed by atoms with Gasteiger partial charge in [-0.3, -0.25) is 4.79 Å². The molecule has 0 spiro atoms. The van der Waals surface area contributed by atoms with Gasteiger partial charge in [0.2, 0.25) is 10.0 Å². The van der Waals surface area contributed by atoms with E-state index in [0.717, 1.165) is 12.8 Å². The van der Waals surface area contributed by atoms with Crippen LogP contribution in [0.2, 0.25) is 5.02 Å². The third-order valence-corrected chi connectivity index (χ3v) is 6.52. The van der Waals surface area contributed by atoms with Crippen molar-refractivity contribution in [3.05, 3.63) is 53.2 Å². The highest BCUT2D eigenvalue weighted by Gasteiger charge is 2.28. The van der Waals surface area contributed by atoms with Crippen LogP contribution in [0.25, 0.3) is 0 Å². The van der Waals surface area contributed by atoms with E-state index in [-0.39, 0.29) is 16.3 Å². The van der Waals surface area contributed by atoms with Crippen molar-refractivity contribution >= 4 is 39.3 Å². The fourth-order valence-corrected chi connectivity index (χ4v) is 4.50. The number of halogens is 1. The van der Waals surface area contributed by atoms with Crippen molar-refractivity contribution in [1.29, 1.82) is 0 Å². The zero-order valence-corrected chi connectivity index (χ0v) is 17.2. The van der Waals surface area contributed by atoms with E-state index in [1.54, 1.807) is 6.07 Å². The number of ether oxygens (including phenoxy) is 1. The maximum Gasteiger partial charge on any atom is 0.338 e. The molecule has 0 radical (unpaired) electrons. The smallest absolute Gasteiger partial charge is 0.338 e. The van der Waals surface area contributed by atoms with Gasteiger partial charge < -0.3 is 10.1 Å². The van der Waals surface area contributed by atoms with Crippen LogP contribution in [0.15, 0.2) is 47.5 Å². The van der Waals surface area contributed by atoms with Crippen LogP contribution >= 0.6 is 11.6 Å². The van der Waals surface area contributed by atoms with Gasteiger partial charge in [0.1, 0.15) is 5.82 Å². The molecular weight excluding hydrogens is 418 g/mol. The van der Waals surface area contributed by atoms with Crippen LogP contribution in [-0.4, -0.2) is 48.8 Å². The monoisotopic (exact) mass is 437 g/mol. The second-order valence-corrected chi connectivity index (χ2v) is 8.91. The Morgan fingerprint density at radius 2 is 1.93 bits per heavy atom. The number of aromatic nitrogens is 1. The molecule has 1 atom stereocenters. The average molecular weight is 438 g/mol. The molecule has 1 aliphatic heterocycles. The fourth-order valence-electron chi connectivity index (χ4n) is 2.82. The first kappa shape index (κ1) is 21.2. The number of amides is 1. The third kappa shape index (κ3) is 5.11. The van der Waals surface area contributed by atoms with Gasteiger partial charge in [-0.1, -0.05) is 17.7 Å². The van der Waals surface area contributed by atoms with Crippen LogP contribution < -0.4 is 5.32 Å². The van der Waals surface area contributed by atoms with Crippen molar-refractivity contribution in [1.82, 2.24) is 9.29 Å². The summed E-state index contributed by atoms with van der Waals surface area (Å²) in [5.74, 6) is -1.11. The number of sulfonamides is 1. The lowest BCUT2D eigenvalue weighted by Crippen LogP contribution is -2.30. The summed E-state index contributed by atoms with van der Waals surface area (Å²) in [6.45, 7) is 2.34. The minimum atomic E-state index is -3.66. The molecule has 8 nitrogen and oxygen atoms in total. The molecule has 10 heteroatoms. The van der Waals surface area contributed by atoms with Crippen molar-refractivity contribution < 1.29 is 22.7 Å². The lowest BCUT2D eigenvalue weighted by molar-refractivity contribution is -0.123. The SMILES string of the molecule is CC(OC(=O)c1cccc(S(=O)(=O)N2CCCC2)c1)C(=O)Nc1ccc(Cl)cn1. The summed E-state index contributed by atoms with van der Waals surface area (Å²) in [6.07, 6.45) is 1.89. The normalized spacial score (nSPS) is 15.7. The fraction of sp³-hybridized carbons (Fsp3) is 0.316. The molecule has 3 rings (SSSR count). The summed E-state index contributed by atoms with van der Waals surface area (Å²) in [7, 11) is -3.66. The number of pyridine rings is 1. The summed E-state index contributed by atoms with van der Waals surface area (Å²) in [4.78, 5) is 28.6. The van der Waals surface area contributed by atoms with E-state index < -0.39 is 28.0 Å². The maximum absolute atomic E-state index is 12.7. The summed E-state index contributed by atoms with van der Waals surface area (Å²) in [5, 5.41) is 2.93. The van der Waals surface area contributed by atoms with Crippen molar-refractivity contribution in [3.8, 4) is 0 Å². The Bertz CT molecular complexity index is 1000. The molecule has 1 aromatic heterocycles. The van der Waals surface area contributed by atoms with Gasteiger partial charge in [-0.05, 0) is 50.1 Å². The Balaban J connectivity index is 1.67. The zero-order valence-electron chi connectivity index (χ0n) is 15.7. The van der Waals surface area contributed by atoms with Crippen LogP contribution in [0.3, 0.4) is 0 Å². The van der Waals surface area contributed by atoms with Crippen LogP contribution in [0.1, 0.15) is 30.1 Å². The Labute approximate surface area is 173 Å². The molecule has 1 aliphatic rings. The van der Waals surface area contributed by atoms with Gasteiger partial charge >= 0.3 is 5.97 Å². The molecule has 0 bridgehead atoms. The first-order chi connectivity index (χ1) is 13.8. The molecule has 2 heterocycles.